The highest BCUT2D eigenvalue weighted by molar-refractivity contribution is 5.95. The van der Waals surface area contributed by atoms with Gasteiger partial charge >= 0.3 is 0 Å². The van der Waals surface area contributed by atoms with Gasteiger partial charge in [0, 0.05) is 12.8 Å². The van der Waals surface area contributed by atoms with E-state index in [0.717, 1.165) is 12.8 Å². The first kappa shape index (κ1) is 13.5. The van der Waals surface area contributed by atoms with E-state index in [9.17, 15) is 0 Å². The minimum absolute atomic E-state index is 0.0842. The Morgan fingerprint density at radius 2 is 1.20 bits per heavy atom. The maximum Gasteiger partial charge on any atom is 0.293 e. The molecule has 0 aromatic heterocycles. The Hall–Kier alpha value is -2.82. The van der Waals surface area contributed by atoms with Crippen molar-refractivity contribution in [3.63, 3.8) is 0 Å². The molecule has 1 N–H and O–H groups in total. The average Bonchev–Trinajstić information content (AvgIpc) is 3.33. The Morgan fingerprint density at radius 3 is 1.72 bits per heavy atom. The number of amidine groups is 2. The van der Waals surface area contributed by atoms with Crippen molar-refractivity contribution in [2.24, 2.45) is 9.98 Å². The Balaban J connectivity index is 1.23. The lowest BCUT2D eigenvalue weighted by atomic mass is 10.1. The van der Waals surface area contributed by atoms with Crippen LogP contribution in [0.5, 0.6) is 0 Å². The smallest absolute Gasteiger partial charge is 0.293 e. The van der Waals surface area contributed by atoms with Gasteiger partial charge in [0.1, 0.15) is 24.3 Å². The Kier molecular flexibility index (Phi) is 2.61. The summed E-state index contributed by atoms with van der Waals surface area (Å²) >= 11 is 0. The van der Waals surface area contributed by atoms with Gasteiger partial charge in [-0.1, -0.05) is 48.5 Å². The first-order valence-electron chi connectivity index (χ1n) is 8.77. The zero-order valence-electron chi connectivity index (χ0n) is 13.6. The molecule has 0 radical (unpaired) electrons. The van der Waals surface area contributed by atoms with Gasteiger partial charge in [-0.05, 0) is 22.3 Å². The lowest BCUT2D eigenvalue weighted by Gasteiger charge is -2.11. The zero-order chi connectivity index (χ0) is 16.4. The van der Waals surface area contributed by atoms with Crippen molar-refractivity contribution in [2.75, 3.05) is 0 Å². The van der Waals surface area contributed by atoms with Gasteiger partial charge in [-0.2, -0.15) is 0 Å². The van der Waals surface area contributed by atoms with Crippen molar-refractivity contribution in [1.82, 2.24) is 5.32 Å². The number of nitrogens with one attached hydrogen (secondary N) is 1. The molecule has 0 spiro atoms. The van der Waals surface area contributed by atoms with Crippen LogP contribution in [0.4, 0.5) is 0 Å². The summed E-state index contributed by atoms with van der Waals surface area (Å²) in [5.41, 5.74) is 5.20. The third kappa shape index (κ3) is 1.95. The van der Waals surface area contributed by atoms with Crippen molar-refractivity contribution in [2.45, 2.75) is 37.1 Å². The van der Waals surface area contributed by atoms with Gasteiger partial charge in [0.15, 0.2) is 0 Å². The molecule has 0 amide bonds. The Morgan fingerprint density at radius 1 is 0.720 bits per heavy atom. The van der Waals surface area contributed by atoms with Gasteiger partial charge in [-0.15, -0.1) is 0 Å². The van der Waals surface area contributed by atoms with Crippen molar-refractivity contribution >= 4 is 12.0 Å². The van der Waals surface area contributed by atoms with Gasteiger partial charge in [-0.25, -0.2) is 9.98 Å². The summed E-state index contributed by atoms with van der Waals surface area (Å²) in [7, 11) is 0. The number of nitrogens with zero attached hydrogens (tertiary/aromatic N) is 2. The summed E-state index contributed by atoms with van der Waals surface area (Å²) in [6.07, 6.45) is 1.98. The topological polar surface area (TPSA) is 55.2 Å². The van der Waals surface area contributed by atoms with E-state index in [1.807, 2.05) is 0 Å². The van der Waals surface area contributed by atoms with Crippen LogP contribution in [-0.4, -0.2) is 24.3 Å². The Labute approximate surface area is 145 Å². The van der Waals surface area contributed by atoms with E-state index in [4.69, 9.17) is 19.5 Å². The highest BCUT2D eigenvalue weighted by Gasteiger charge is 2.42. The minimum Gasteiger partial charge on any atom is -0.459 e. The van der Waals surface area contributed by atoms with E-state index in [-0.39, 0.29) is 24.3 Å². The summed E-state index contributed by atoms with van der Waals surface area (Å²) in [4.78, 5) is 9.43. The minimum atomic E-state index is 0.0842. The summed E-state index contributed by atoms with van der Waals surface area (Å²) in [5, 5.41) is 3.15. The number of hydrogen-bond acceptors (Lipinski definition) is 5. The standard InChI is InChI=1S/C20H17N3O2/c1-3-7-13-11(5-1)9-15-17(13)21-19(24-15)23-20-22-18-14-8-4-2-6-12(14)10-16(18)25-20/h1-8,15-18H,9-10H2,(H,21,22,23)/t15-,16-,17+,18+/m0/s1. The van der Waals surface area contributed by atoms with E-state index >= 15 is 0 Å². The molecule has 2 aliphatic heterocycles. The quantitative estimate of drug-likeness (QED) is 0.807. The number of benzene rings is 2. The van der Waals surface area contributed by atoms with Gasteiger partial charge < -0.3 is 9.47 Å². The SMILES string of the molecule is c1ccc2c(c1)C[C@@H]1OC(NC3=N[C@@H]4c5ccccc5C[C@@H]4O3)=N[C@H]21. The molecule has 2 aromatic rings. The third-order valence-corrected chi connectivity index (χ3v) is 5.55. The fourth-order valence-corrected chi connectivity index (χ4v) is 4.41. The van der Waals surface area contributed by atoms with Gasteiger partial charge in [-0.3, -0.25) is 5.32 Å². The van der Waals surface area contributed by atoms with Crippen LogP contribution in [0.3, 0.4) is 0 Å². The summed E-state index contributed by atoms with van der Waals surface area (Å²) in [6.45, 7) is 0. The maximum absolute atomic E-state index is 6.00. The number of hydrogen-bond donors (Lipinski definition) is 1. The molecular weight excluding hydrogens is 314 g/mol. The van der Waals surface area contributed by atoms with Crippen molar-refractivity contribution < 1.29 is 9.47 Å². The van der Waals surface area contributed by atoms with E-state index in [1.54, 1.807) is 0 Å². The van der Waals surface area contributed by atoms with E-state index in [0.29, 0.717) is 12.0 Å². The maximum atomic E-state index is 6.00. The molecule has 25 heavy (non-hydrogen) atoms. The normalized spacial score (nSPS) is 30.4. The second kappa shape index (κ2) is 4.85. The fraction of sp³-hybridized carbons (Fsp3) is 0.300. The first-order chi connectivity index (χ1) is 12.3. The second-order valence-corrected chi connectivity index (χ2v) is 7.00. The zero-order valence-corrected chi connectivity index (χ0v) is 13.6. The molecule has 0 saturated carbocycles. The molecule has 2 aliphatic carbocycles. The highest BCUT2D eigenvalue weighted by Crippen LogP contribution is 2.41. The summed E-state index contributed by atoms with van der Waals surface area (Å²) in [5.74, 6) is 0. The second-order valence-electron chi connectivity index (χ2n) is 7.00. The molecule has 5 heteroatoms. The predicted molar refractivity (Wildman–Crippen MR) is 93.5 cm³/mol. The van der Waals surface area contributed by atoms with Crippen LogP contribution in [0.2, 0.25) is 0 Å². The van der Waals surface area contributed by atoms with Gasteiger partial charge in [0.2, 0.25) is 0 Å². The average molecular weight is 331 g/mol. The number of aliphatic imine (C=N–C) groups is 2. The van der Waals surface area contributed by atoms with Gasteiger partial charge in [0.05, 0.1) is 0 Å². The molecule has 4 atom stereocenters. The number of ether oxygens (including phenoxy) is 2. The fourth-order valence-electron chi connectivity index (χ4n) is 4.41. The van der Waals surface area contributed by atoms with Crippen LogP contribution in [0, 0.1) is 0 Å². The molecule has 4 aliphatic rings. The molecule has 0 bridgehead atoms. The molecule has 0 fully saturated rings. The van der Waals surface area contributed by atoms with Crippen LogP contribution in [0.1, 0.15) is 34.3 Å². The largest absolute Gasteiger partial charge is 0.459 e. The predicted octanol–water partition coefficient (Wildman–Crippen LogP) is 2.68. The monoisotopic (exact) mass is 331 g/mol. The summed E-state index contributed by atoms with van der Waals surface area (Å²) < 4.78 is 12.0. The molecule has 5 nitrogen and oxygen atoms in total. The molecule has 0 saturated heterocycles. The number of fused-ring (bicyclic) bond motifs is 6. The van der Waals surface area contributed by atoms with Crippen LogP contribution in [0.15, 0.2) is 58.5 Å². The van der Waals surface area contributed by atoms with Crippen LogP contribution >= 0.6 is 0 Å². The lowest BCUT2D eigenvalue weighted by molar-refractivity contribution is 0.187. The van der Waals surface area contributed by atoms with Crippen molar-refractivity contribution in [1.29, 1.82) is 0 Å². The molecule has 124 valence electrons. The van der Waals surface area contributed by atoms with E-state index in [1.165, 1.54) is 22.3 Å². The molecule has 2 aromatic carbocycles. The van der Waals surface area contributed by atoms with Crippen LogP contribution < -0.4 is 5.32 Å². The van der Waals surface area contributed by atoms with Crippen LogP contribution in [0.25, 0.3) is 0 Å². The molecule has 2 heterocycles. The first-order valence-corrected chi connectivity index (χ1v) is 8.77. The molecular formula is C20H17N3O2. The van der Waals surface area contributed by atoms with Crippen LogP contribution in [-0.2, 0) is 22.3 Å². The summed E-state index contributed by atoms with van der Waals surface area (Å²) in [6, 6.07) is 18.1. The lowest BCUT2D eigenvalue weighted by Crippen LogP contribution is -2.33. The molecule has 6 rings (SSSR count). The van der Waals surface area contributed by atoms with E-state index in [2.05, 4.69) is 53.8 Å². The third-order valence-electron chi connectivity index (χ3n) is 5.55. The molecule has 0 unspecified atom stereocenters. The van der Waals surface area contributed by atoms with Gasteiger partial charge in [0.25, 0.3) is 12.0 Å². The Bertz CT molecular complexity index is 861. The highest BCUT2D eigenvalue weighted by atomic mass is 16.5. The van der Waals surface area contributed by atoms with E-state index < -0.39 is 0 Å². The number of rotatable bonds is 0. The van der Waals surface area contributed by atoms with Crippen molar-refractivity contribution in [3.8, 4) is 0 Å². The van der Waals surface area contributed by atoms with Crippen molar-refractivity contribution in [3.05, 3.63) is 70.8 Å².